The molecule has 0 saturated heterocycles. The maximum absolute atomic E-state index is 12.5. The van der Waals surface area contributed by atoms with Crippen molar-refractivity contribution < 1.29 is 19.1 Å². The summed E-state index contributed by atoms with van der Waals surface area (Å²) in [5.41, 5.74) is 1.13. The Hall–Kier alpha value is -3.50. The van der Waals surface area contributed by atoms with Gasteiger partial charge < -0.3 is 20.1 Å². The summed E-state index contributed by atoms with van der Waals surface area (Å²) in [5, 5.41) is 15.5. The molecule has 2 aromatic carbocycles. The number of nitriles is 1. The highest BCUT2D eigenvalue weighted by atomic mass is 35.5. The molecule has 2 aromatic rings. The number of para-hydroxylation sites is 1. The number of halogens is 1. The average molecular weight is 468 g/mol. The first kappa shape index (κ1) is 24.1. The molecule has 1 aliphatic rings. The highest BCUT2D eigenvalue weighted by Gasteiger charge is 2.18. The van der Waals surface area contributed by atoms with E-state index in [2.05, 4.69) is 10.6 Å². The van der Waals surface area contributed by atoms with Crippen LogP contribution in [0, 0.1) is 11.3 Å². The van der Waals surface area contributed by atoms with Gasteiger partial charge in [0.05, 0.1) is 17.8 Å². The van der Waals surface area contributed by atoms with E-state index in [0.717, 1.165) is 25.7 Å². The molecule has 0 radical (unpaired) electrons. The van der Waals surface area contributed by atoms with Crippen molar-refractivity contribution in [3.05, 3.63) is 58.6 Å². The molecule has 2 N–H and O–H groups in total. The first-order chi connectivity index (χ1) is 16.0. The van der Waals surface area contributed by atoms with Crippen LogP contribution < -0.4 is 20.1 Å². The minimum absolute atomic E-state index is 0.0235. The molecule has 1 saturated carbocycles. The van der Waals surface area contributed by atoms with E-state index in [1.165, 1.54) is 19.6 Å². The summed E-state index contributed by atoms with van der Waals surface area (Å²) in [6, 6.07) is 14.0. The summed E-state index contributed by atoms with van der Waals surface area (Å²) >= 11 is 6.05. The Morgan fingerprint density at radius 3 is 2.61 bits per heavy atom. The summed E-state index contributed by atoms with van der Waals surface area (Å²) < 4.78 is 11.0. The number of nitrogens with zero attached hydrogens (tertiary/aromatic N) is 1. The molecule has 2 amide bonds. The largest absolute Gasteiger partial charge is 0.493 e. The molecule has 0 aromatic heterocycles. The summed E-state index contributed by atoms with van der Waals surface area (Å²) in [4.78, 5) is 24.7. The Balaban J connectivity index is 1.64. The number of carbonyl (C=O) groups excluding carboxylic acids is 2. The van der Waals surface area contributed by atoms with Gasteiger partial charge in [-0.15, -0.1) is 0 Å². The lowest BCUT2D eigenvalue weighted by atomic mass is 9.95. The molecule has 0 bridgehead atoms. The van der Waals surface area contributed by atoms with Crippen LogP contribution in [-0.4, -0.2) is 31.6 Å². The average Bonchev–Trinajstić information content (AvgIpc) is 2.83. The minimum atomic E-state index is -0.375. The van der Waals surface area contributed by atoms with Crippen LogP contribution in [0.25, 0.3) is 6.08 Å². The standard InChI is InChI=1S/C25H26ClN3O4/c1-32-23-14-17(13-18(15-27)25(31)28-19-7-3-2-4-8-19)11-12-22(23)33-16-24(30)29-21-10-6-5-9-20(21)26/h5-6,9-14,19H,2-4,7-8,16H2,1H3,(H,28,31)(H,29,30)/b18-13+. The maximum Gasteiger partial charge on any atom is 0.262 e. The molecular weight excluding hydrogens is 442 g/mol. The number of hydrogen-bond acceptors (Lipinski definition) is 5. The molecular formula is C25H26ClN3O4. The smallest absolute Gasteiger partial charge is 0.262 e. The lowest BCUT2D eigenvalue weighted by Gasteiger charge is -2.22. The van der Waals surface area contributed by atoms with Gasteiger partial charge in [0.2, 0.25) is 0 Å². The zero-order valence-corrected chi connectivity index (χ0v) is 19.2. The Kier molecular flexibility index (Phi) is 8.73. The molecule has 0 atom stereocenters. The first-order valence-electron chi connectivity index (χ1n) is 10.8. The number of hydrogen-bond donors (Lipinski definition) is 2. The number of benzene rings is 2. The fraction of sp³-hybridized carbons (Fsp3) is 0.320. The van der Waals surface area contributed by atoms with E-state index in [-0.39, 0.29) is 30.0 Å². The lowest BCUT2D eigenvalue weighted by Crippen LogP contribution is -2.36. The third-order valence-electron chi connectivity index (χ3n) is 5.31. The SMILES string of the molecule is COc1cc(/C=C(\C#N)C(=O)NC2CCCCC2)ccc1OCC(=O)Nc1ccccc1Cl. The zero-order valence-electron chi connectivity index (χ0n) is 18.4. The second-order valence-corrected chi connectivity index (χ2v) is 8.11. The van der Waals surface area contributed by atoms with Gasteiger partial charge in [-0.3, -0.25) is 9.59 Å². The number of carbonyl (C=O) groups is 2. The predicted molar refractivity (Wildman–Crippen MR) is 127 cm³/mol. The van der Waals surface area contributed by atoms with Crippen LogP contribution >= 0.6 is 11.6 Å². The summed E-state index contributed by atoms with van der Waals surface area (Å²) in [7, 11) is 1.47. The van der Waals surface area contributed by atoms with Crippen LogP contribution in [-0.2, 0) is 9.59 Å². The van der Waals surface area contributed by atoms with Gasteiger partial charge in [-0.05, 0) is 48.7 Å². The molecule has 1 aliphatic carbocycles. The highest BCUT2D eigenvalue weighted by molar-refractivity contribution is 6.33. The molecule has 1 fully saturated rings. The molecule has 0 spiro atoms. The van der Waals surface area contributed by atoms with Crippen molar-refractivity contribution in [1.29, 1.82) is 5.26 Å². The van der Waals surface area contributed by atoms with E-state index >= 15 is 0 Å². The summed E-state index contributed by atoms with van der Waals surface area (Å²) in [6.07, 6.45) is 6.75. The number of nitrogens with one attached hydrogen (secondary N) is 2. The van der Waals surface area contributed by atoms with Crippen molar-refractivity contribution in [2.45, 2.75) is 38.1 Å². The van der Waals surface area contributed by atoms with E-state index in [0.29, 0.717) is 27.8 Å². The van der Waals surface area contributed by atoms with Crippen LogP contribution in [0.5, 0.6) is 11.5 Å². The normalized spacial score (nSPS) is 14.2. The first-order valence-corrected chi connectivity index (χ1v) is 11.2. The van der Waals surface area contributed by atoms with Crippen LogP contribution in [0.15, 0.2) is 48.0 Å². The molecule has 7 nitrogen and oxygen atoms in total. The van der Waals surface area contributed by atoms with Crippen molar-refractivity contribution in [2.75, 3.05) is 19.0 Å². The summed E-state index contributed by atoms with van der Waals surface area (Å²) in [5.74, 6) is -0.0198. The highest BCUT2D eigenvalue weighted by Crippen LogP contribution is 2.29. The van der Waals surface area contributed by atoms with Crippen molar-refractivity contribution >= 4 is 35.2 Å². The Morgan fingerprint density at radius 2 is 1.91 bits per heavy atom. The van der Waals surface area contributed by atoms with Gasteiger partial charge in [-0.25, -0.2) is 0 Å². The molecule has 0 aliphatic heterocycles. The Labute approximate surface area is 198 Å². The maximum atomic E-state index is 12.5. The van der Waals surface area contributed by atoms with E-state index in [9.17, 15) is 14.9 Å². The van der Waals surface area contributed by atoms with Crippen LogP contribution in [0.4, 0.5) is 5.69 Å². The molecule has 0 heterocycles. The van der Waals surface area contributed by atoms with Gasteiger partial charge >= 0.3 is 0 Å². The molecule has 8 heteroatoms. The predicted octanol–water partition coefficient (Wildman–Crippen LogP) is 4.72. The third-order valence-corrected chi connectivity index (χ3v) is 5.64. The third kappa shape index (κ3) is 6.99. The van der Waals surface area contributed by atoms with E-state index in [1.54, 1.807) is 42.5 Å². The number of amides is 2. The van der Waals surface area contributed by atoms with Crippen molar-refractivity contribution in [1.82, 2.24) is 5.32 Å². The second kappa shape index (κ2) is 11.9. The zero-order chi connectivity index (χ0) is 23.6. The van der Waals surface area contributed by atoms with Crippen molar-refractivity contribution in [3.8, 4) is 17.6 Å². The van der Waals surface area contributed by atoms with Crippen molar-refractivity contribution in [2.24, 2.45) is 0 Å². The van der Waals surface area contributed by atoms with Crippen LogP contribution in [0.3, 0.4) is 0 Å². The molecule has 0 unspecified atom stereocenters. The van der Waals surface area contributed by atoms with E-state index in [1.807, 2.05) is 6.07 Å². The van der Waals surface area contributed by atoms with Gasteiger partial charge in [-0.1, -0.05) is 49.1 Å². The molecule has 33 heavy (non-hydrogen) atoms. The van der Waals surface area contributed by atoms with Crippen molar-refractivity contribution in [3.63, 3.8) is 0 Å². The monoisotopic (exact) mass is 467 g/mol. The van der Waals surface area contributed by atoms with Gasteiger partial charge in [0, 0.05) is 6.04 Å². The number of methoxy groups -OCH3 is 1. The topological polar surface area (TPSA) is 100 Å². The van der Waals surface area contributed by atoms with Gasteiger partial charge in [0.25, 0.3) is 11.8 Å². The summed E-state index contributed by atoms with van der Waals surface area (Å²) in [6.45, 7) is -0.246. The number of rotatable bonds is 8. The van der Waals surface area contributed by atoms with E-state index in [4.69, 9.17) is 21.1 Å². The lowest BCUT2D eigenvalue weighted by molar-refractivity contribution is -0.118. The fourth-order valence-corrected chi connectivity index (χ4v) is 3.79. The van der Waals surface area contributed by atoms with Gasteiger partial charge in [0.15, 0.2) is 18.1 Å². The Morgan fingerprint density at radius 1 is 1.15 bits per heavy atom. The van der Waals surface area contributed by atoms with Gasteiger partial charge in [0.1, 0.15) is 11.6 Å². The van der Waals surface area contributed by atoms with Crippen LogP contribution in [0.2, 0.25) is 5.02 Å². The second-order valence-electron chi connectivity index (χ2n) is 7.71. The fourth-order valence-electron chi connectivity index (χ4n) is 3.61. The number of ether oxygens (including phenoxy) is 2. The Bertz CT molecular complexity index is 1070. The molecule has 172 valence electrons. The minimum Gasteiger partial charge on any atom is -0.493 e. The van der Waals surface area contributed by atoms with Gasteiger partial charge in [-0.2, -0.15) is 5.26 Å². The number of anilines is 1. The quantitative estimate of drug-likeness (QED) is 0.432. The molecule has 3 rings (SSSR count). The van der Waals surface area contributed by atoms with Crippen LogP contribution in [0.1, 0.15) is 37.7 Å². The van der Waals surface area contributed by atoms with E-state index < -0.39 is 0 Å².